The third-order valence-electron chi connectivity index (χ3n) is 3.88. The molecule has 0 aliphatic carbocycles. The Morgan fingerprint density at radius 1 is 0.962 bits per heavy atom. The predicted molar refractivity (Wildman–Crippen MR) is 93.5 cm³/mol. The van der Waals surface area contributed by atoms with Crippen molar-refractivity contribution >= 4 is 23.5 Å². The Balaban J connectivity index is 1.86. The Morgan fingerprint density at radius 3 is 2.42 bits per heavy atom. The molecule has 0 radical (unpaired) electrons. The van der Waals surface area contributed by atoms with Gasteiger partial charge in [0.05, 0.1) is 17.5 Å². The molecule has 0 N–H and O–H groups in total. The molecule has 4 nitrogen and oxygen atoms in total. The third-order valence-corrected chi connectivity index (χ3v) is 3.88. The molecule has 0 atom stereocenters. The molecule has 0 saturated heterocycles. The second-order valence-electron chi connectivity index (χ2n) is 5.58. The Bertz CT molecular complexity index is 1020. The summed E-state index contributed by atoms with van der Waals surface area (Å²) in [6.45, 7) is 0. The van der Waals surface area contributed by atoms with Gasteiger partial charge < -0.3 is 4.42 Å². The van der Waals surface area contributed by atoms with Crippen molar-refractivity contribution in [2.24, 2.45) is 4.99 Å². The summed E-state index contributed by atoms with van der Waals surface area (Å²) in [7, 11) is 0. The summed E-state index contributed by atoms with van der Waals surface area (Å²) in [6, 6.07) is 14.8. The number of aliphatic imine (C=N–C) groups is 1. The third kappa shape index (κ3) is 2.82. The van der Waals surface area contributed by atoms with Crippen LogP contribution >= 0.6 is 0 Å². The molecule has 1 amide bonds. The number of hydrogen-bond acceptors (Lipinski definition) is 3. The van der Waals surface area contributed by atoms with Gasteiger partial charge >= 0.3 is 0 Å². The lowest BCUT2D eigenvalue weighted by molar-refractivity contribution is -0.113. The minimum Gasteiger partial charge on any atom is -0.465 e. The highest BCUT2D eigenvalue weighted by molar-refractivity contribution is 6.33. The number of nitrogens with zero attached hydrogens (tertiary/aromatic N) is 2. The Morgan fingerprint density at radius 2 is 1.73 bits per heavy atom. The lowest BCUT2D eigenvalue weighted by Gasteiger charge is -2.18. The van der Waals surface area contributed by atoms with Crippen molar-refractivity contribution in [2.45, 2.75) is 0 Å². The topological polar surface area (TPSA) is 45.8 Å². The minimum absolute atomic E-state index is 0.0996. The van der Waals surface area contributed by atoms with E-state index in [2.05, 4.69) is 4.99 Å². The normalized spacial score (nSPS) is 15.6. The summed E-state index contributed by atoms with van der Waals surface area (Å²) in [5.74, 6) is -0.809. The summed E-state index contributed by atoms with van der Waals surface area (Å²) in [6.07, 6.45) is 2.96. The highest BCUT2D eigenvalue weighted by atomic mass is 19.1. The summed E-state index contributed by atoms with van der Waals surface area (Å²) >= 11 is 0. The van der Waals surface area contributed by atoms with E-state index in [1.54, 1.807) is 24.3 Å². The first kappa shape index (κ1) is 16.0. The monoisotopic (exact) mass is 350 g/mol. The Kier molecular flexibility index (Phi) is 3.93. The number of hydrogen-bond donors (Lipinski definition) is 0. The zero-order valence-electron chi connectivity index (χ0n) is 13.4. The van der Waals surface area contributed by atoms with Crippen LogP contribution in [0.5, 0.6) is 0 Å². The smallest absolute Gasteiger partial charge is 0.282 e. The van der Waals surface area contributed by atoms with Crippen molar-refractivity contribution in [3.05, 3.63) is 95.6 Å². The average molecular weight is 350 g/mol. The van der Waals surface area contributed by atoms with Gasteiger partial charge in [-0.3, -0.25) is 9.69 Å². The van der Waals surface area contributed by atoms with E-state index >= 15 is 0 Å². The second kappa shape index (κ2) is 6.40. The Hall–Kier alpha value is -3.54. The maximum absolute atomic E-state index is 14.3. The van der Waals surface area contributed by atoms with Gasteiger partial charge in [0.2, 0.25) is 0 Å². The molecule has 2 heterocycles. The molecule has 4 rings (SSSR count). The first-order valence-electron chi connectivity index (χ1n) is 7.82. The van der Waals surface area contributed by atoms with Gasteiger partial charge in [0.25, 0.3) is 5.91 Å². The molecule has 1 aliphatic heterocycles. The summed E-state index contributed by atoms with van der Waals surface area (Å²) < 4.78 is 32.8. The van der Waals surface area contributed by atoms with Crippen LogP contribution in [0.1, 0.15) is 11.3 Å². The first-order valence-corrected chi connectivity index (χ1v) is 7.82. The lowest BCUT2D eigenvalue weighted by atomic mass is 10.1. The number of carbonyl (C=O) groups excluding carboxylic acids is 1. The van der Waals surface area contributed by atoms with E-state index in [9.17, 15) is 13.6 Å². The van der Waals surface area contributed by atoms with Gasteiger partial charge in [-0.15, -0.1) is 0 Å². The largest absolute Gasteiger partial charge is 0.465 e. The van der Waals surface area contributed by atoms with Crippen molar-refractivity contribution in [1.82, 2.24) is 0 Å². The van der Waals surface area contributed by atoms with E-state index in [0.717, 1.165) is 0 Å². The maximum atomic E-state index is 14.3. The van der Waals surface area contributed by atoms with Crippen LogP contribution in [0.2, 0.25) is 0 Å². The first-order chi connectivity index (χ1) is 12.6. The molecular weight excluding hydrogens is 338 g/mol. The van der Waals surface area contributed by atoms with E-state index in [-0.39, 0.29) is 17.1 Å². The molecule has 0 spiro atoms. The standard InChI is InChI=1S/C20H12F2N2O2/c21-13-7-9-14(10-8-13)24-19(16-5-1-2-6-17(16)22)23-18(20(24)25)12-15-4-3-11-26-15/h1-12H/b18-12+. The molecule has 6 heteroatoms. The van der Waals surface area contributed by atoms with Crippen LogP contribution in [0.15, 0.2) is 82.0 Å². The highest BCUT2D eigenvalue weighted by Gasteiger charge is 2.33. The fourth-order valence-electron chi connectivity index (χ4n) is 2.68. The molecule has 2 aromatic carbocycles. The summed E-state index contributed by atoms with van der Waals surface area (Å²) in [5, 5.41) is 0. The second-order valence-corrected chi connectivity index (χ2v) is 5.58. The van der Waals surface area contributed by atoms with Crippen LogP contribution in [-0.4, -0.2) is 11.7 Å². The number of halogens is 2. The van der Waals surface area contributed by atoms with Gasteiger partial charge in [0.15, 0.2) is 5.84 Å². The van der Waals surface area contributed by atoms with Crippen LogP contribution in [0, 0.1) is 11.6 Å². The molecule has 0 fully saturated rings. The predicted octanol–water partition coefficient (Wildman–Crippen LogP) is 4.39. The fourth-order valence-corrected chi connectivity index (χ4v) is 2.68. The molecule has 1 aliphatic rings. The Labute approximate surface area is 147 Å². The summed E-state index contributed by atoms with van der Waals surface area (Å²) in [5.41, 5.74) is 0.664. The van der Waals surface area contributed by atoms with Gasteiger partial charge in [-0.25, -0.2) is 13.8 Å². The molecule has 3 aromatic rings. The number of anilines is 1. The molecule has 0 unspecified atom stereocenters. The number of amidine groups is 1. The number of rotatable bonds is 3. The molecule has 26 heavy (non-hydrogen) atoms. The lowest BCUT2D eigenvalue weighted by Crippen LogP contribution is -2.33. The molecule has 0 saturated carbocycles. The van der Waals surface area contributed by atoms with Crippen molar-refractivity contribution in [3.8, 4) is 0 Å². The number of benzene rings is 2. The zero-order chi connectivity index (χ0) is 18.1. The van der Waals surface area contributed by atoms with Crippen molar-refractivity contribution in [3.63, 3.8) is 0 Å². The van der Waals surface area contributed by atoms with Gasteiger partial charge in [0, 0.05) is 6.08 Å². The van der Waals surface area contributed by atoms with E-state index in [0.29, 0.717) is 11.4 Å². The maximum Gasteiger partial charge on any atom is 0.282 e. The molecule has 1 aromatic heterocycles. The summed E-state index contributed by atoms with van der Waals surface area (Å²) in [4.78, 5) is 18.5. The van der Waals surface area contributed by atoms with E-state index in [1.165, 1.54) is 53.6 Å². The molecule has 128 valence electrons. The van der Waals surface area contributed by atoms with Crippen molar-refractivity contribution < 1.29 is 18.0 Å². The molecular formula is C20H12F2N2O2. The van der Waals surface area contributed by atoms with Crippen LogP contribution < -0.4 is 4.90 Å². The van der Waals surface area contributed by atoms with Crippen LogP contribution in [0.25, 0.3) is 6.08 Å². The zero-order valence-corrected chi connectivity index (χ0v) is 13.4. The van der Waals surface area contributed by atoms with E-state index < -0.39 is 17.5 Å². The van der Waals surface area contributed by atoms with Crippen molar-refractivity contribution in [2.75, 3.05) is 4.90 Å². The number of amides is 1. The van der Waals surface area contributed by atoms with Crippen molar-refractivity contribution in [1.29, 1.82) is 0 Å². The molecule has 0 bridgehead atoms. The van der Waals surface area contributed by atoms with Gasteiger partial charge in [-0.1, -0.05) is 12.1 Å². The van der Waals surface area contributed by atoms with Crippen LogP contribution in [0.3, 0.4) is 0 Å². The van der Waals surface area contributed by atoms with E-state index in [1.807, 2.05) is 0 Å². The van der Waals surface area contributed by atoms with Gasteiger partial charge in [0.1, 0.15) is 23.1 Å². The number of carbonyl (C=O) groups is 1. The highest BCUT2D eigenvalue weighted by Crippen LogP contribution is 2.28. The average Bonchev–Trinajstić information content (AvgIpc) is 3.26. The van der Waals surface area contributed by atoms with Gasteiger partial charge in [-0.2, -0.15) is 0 Å². The van der Waals surface area contributed by atoms with Crippen LogP contribution in [-0.2, 0) is 4.79 Å². The minimum atomic E-state index is -0.509. The SMILES string of the molecule is O=C1/C(=C\c2ccco2)N=C(c2ccccc2F)N1c1ccc(F)cc1. The van der Waals surface area contributed by atoms with Gasteiger partial charge in [-0.05, 0) is 48.5 Å². The van der Waals surface area contributed by atoms with E-state index in [4.69, 9.17) is 4.42 Å². The fraction of sp³-hybridized carbons (Fsp3) is 0. The van der Waals surface area contributed by atoms with Crippen LogP contribution in [0.4, 0.5) is 14.5 Å². The quantitative estimate of drug-likeness (QED) is 0.658. The number of furan rings is 1.